The number of nitrogens with zero attached hydrogens (tertiary/aromatic N) is 1. The van der Waals surface area contributed by atoms with Crippen molar-refractivity contribution in [1.29, 1.82) is 0 Å². The molecule has 0 saturated heterocycles. The molecule has 3 heteroatoms. The summed E-state index contributed by atoms with van der Waals surface area (Å²) in [5, 5.41) is 3.12. The number of hydrogen-bond donors (Lipinski definition) is 2. The van der Waals surface area contributed by atoms with Crippen LogP contribution in [0.15, 0.2) is 29.2 Å². The molecule has 0 rings (SSSR count). The minimum Gasteiger partial charge on any atom is -0.385 e. The molecule has 3 N–H and O–H groups in total. The molecule has 0 atom stereocenters. The second kappa shape index (κ2) is 5.41. The van der Waals surface area contributed by atoms with E-state index in [-0.39, 0.29) is 5.54 Å². The molecule has 0 radical (unpaired) electrons. The molecule has 0 aliphatic carbocycles. The highest BCUT2D eigenvalue weighted by Crippen LogP contribution is 1.99. The first-order valence-corrected chi connectivity index (χ1v) is 4.34. The topological polar surface area (TPSA) is 50.4 Å². The summed E-state index contributed by atoms with van der Waals surface area (Å²) in [4.78, 5) is 3.96. The Labute approximate surface area is 80.4 Å². The second-order valence-corrected chi connectivity index (χ2v) is 3.78. The lowest BCUT2D eigenvalue weighted by Gasteiger charge is -2.21. The van der Waals surface area contributed by atoms with E-state index in [4.69, 9.17) is 5.73 Å². The lowest BCUT2D eigenvalue weighted by Crippen LogP contribution is -2.37. The predicted molar refractivity (Wildman–Crippen MR) is 58.5 cm³/mol. The van der Waals surface area contributed by atoms with Crippen LogP contribution < -0.4 is 11.1 Å². The third kappa shape index (κ3) is 8.66. The van der Waals surface area contributed by atoms with Gasteiger partial charge in [-0.05, 0) is 33.8 Å². The highest BCUT2D eigenvalue weighted by molar-refractivity contribution is 5.72. The van der Waals surface area contributed by atoms with E-state index < -0.39 is 0 Å². The third-order valence-corrected chi connectivity index (χ3v) is 1.09. The van der Waals surface area contributed by atoms with E-state index in [1.807, 2.05) is 13.0 Å². The molecule has 3 nitrogen and oxygen atoms in total. The first kappa shape index (κ1) is 11.8. The fraction of sp³-hybridized carbons (Fsp3) is 0.500. The summed E-state index contributed by atoms with van der Waals surface area (Å²) in [5.41, 5.74) is 5.67. The molecular formula is C10H19N3. The molecule has 0 aliphatic heterocycles. The molecule has 0 heterocycles. The van der Waals surface area contributed by atoms with Crippen molar-refractivity contribution in [2.45, 2.75) is 33.2 Å². The molecule has 0 spiro atoms. The van der Waals surface area contributed by atoms with Gasteiger partial charge in [-0.1, -0.05) is 6.08 Å². The van der Waals surface area contributed by atoms with Crippen LogP contribution in [0.1, 0.15) is 27.7 Å². The molecule has 0 unspecified atom stereocenters. The normalized spacial score (nSPS) is 14.3. The summed E-state index contributed by atoms with van der Waals surface area (Å²) in [5.74, 6) is 0.626. The zero-order valence-corrected chi connectivity index (χ0v) is 8.83. The number of aliphatic imine (C=N–C) groups is 1. The maximum Gasteiger partial charge on any atom is 0.0979 e. The Morgan fingerprint density at radius 1 is 1.38 bits per heavy atom. The summed E-state index contributed by atoms with van der Waals surface area (Å²) in [6, 6.07) is 0. The summed E-state index contributed by atoms with van der Waals surface area (Å²) < 4.78 is 0. The van der Waals surface area contributed by atoms with Crippen LogP contribution in [-0.4, -0.2) is 11.8 Å². The smallest absolute Gasteiger partial charge is 0.0979 e. The van der Waals surface area contributed by atoms with E-state index in [1.165, 1.54) is 0 Å². The van der Waals surface area contributed by atoms with Gasteiger partial charge in [0.15, 0.2) is 0 Å². The van der Waals surface area contributed by atoms with E-state index in [0.717, 1.165) is 0 Å². The highest BCUT2D eigenvalue weighted by atomic mass is 15.0. The zero-order valence-electron chi connectivity index (χ0n) is 8.83. The van der Waals surface area contributed by atoms with Gasteiger partial charge >= 0.3 is 0 Å². The summed E-state index contributed by atoms with van der Waals surface area (Å²) in [6.45, 7) is 8.07. The van der Waals surface area contributed by atoms with Gasteiger partial charge in [0.1, 0.15) is 0 Å². The molecule has 0 amide bonds. The van der Waals surface area contributed by atoms with E-state index in [2.05, 4.69) is 31.1 Å². The minimum atomic E-state index is -0.00494. The molecule has 0 saturated carbocycles. The van der Waals surface area contributed by atoms with E-state index in [9.17, 15) is 0 Å². The Kier molecular flexibility index (Phi) is 4.89. The van der Waals surface area contributed by atoms with Crippen molar-refractivity contribution in [2.75, 3.05) is 0 Å². The average molecular weight is 181 g/mol. The quantitative estimate of drug-likeness (QED) is 0.652. The van der Waals surface area contributed by atoms with E-state index >= 15 is 0 Å². The van der Waals surface area contributed by atoms with Crippen LogP contribution in [0, 0.1) is 0 Å². The van der Waals surface area contributed by atoms with Crippen molar-refractivity contribution in [3.05, 3.63) is 24.2 Å². The fourth-order valence-corrected chi connectivity index (χ4v) is 0.734. The van der Waals surface area contributed by atoms with E-state index in [0.29, 0.717) is 5.82 Å². The van der Waals surface area contributed by atoms with Crippen molar-refractivity contribution < 1.29 is 0 Å². The molecule has 0 aromatic rings. The monoisotopic (exact) mass is 181 g/mol. The Hall–Kier alpha value is -1.25. The number of allylic oxidation sites excluding steroid dienone is 2. The van der Waals surface area contributed by atoms with Gasteiger partial charge < -0.3 is 11.1 Å². The zero-order chi connectivity index (χ0) is 10.3. The number of nitrogens with two attached hydrogens (primary N) is 1. The maximum absolute atomic E-state index is 5.68. The third-order valence-electron chi connectivity index (χ3n) is 1.09. The Morgan fingerprint density at radius 3 is 2.46 bits per heavy atom. The number of nitrogens with one attached hydrogen (secondary N) is 1. The van der Waals surface area contributed by atoms with Crippen molar-refractivity contribution in [3.8, 4) is 0 Å². The lowest BCUT2D eigenvalue weighted by atomic mass is 10.1. The minimum absolute atomic E-state index is 0.00494. The fourth-order valence-electron chi connectivity index (χ4n) is 0.734. The largest absolute Gasteiger partial charge is 0.385 e. The Morgan fingerprint density at radius 2 is 2.00 bits per heavy atom. The average Bonchev–Trinajstić information content (AvgIpc) is 1.94. The highest BCUT2D eigenvalue weighted by Gasteiger charge is 2.07. The van der Waals surface area contributed by atoms with Gasteiger partial charge in [0.05, 0.1) is 5.82 Å². The lowest BCUT2D eigenvalue weighted by molar-refractivity contribution is 0.471. The summed E-state index contributed by atoms with van der Waals surface area (Å²) in [6.07, 6.45) is 6.97. The number of rotatable bonds is 3. The maximum atomic E-state index is 5.68. The molecule has 0 bridgehead atoms. The molecule has 0 aliphatic rings. The van der Waals surface area contributed by atoms with Gasteiger partial charge in [-0.2, -0.15) is 0 Å². The van der Waals surface area contributed by atoms with Gasteiger partial charge in [-0.3, -0.25) is 4.99 Å². The van der Waals surface area contributed by atoms with Crippen molar-refractivity contribution >= 4 is 6.21 Å². The van der Waals surface area contributed by atoms with Crippen LogP contribution in [0.2, 0.25) is 0 Å². The second-order valence-electron chi connectivity index (χ2n) is 3.78. The van der Waals surface area contributed by atoms with Crippen LogP contribution in [0.4, 0.5) is 0 Å². The molecule has 0 aromatic heterocycles. The van der Waals surface area contributed by atoms with Crippen LogP contribution in [0.25, 0.3) is 0 Å². The van der Waals surface area contributed by atoms with Crippen LogP contribution in [0.5, 0.6) is 0 Å². The SMILES string of the molecule is C\C=C/N=C\C=C(/N)NC(C)(C)C. The number of hydrogen-bond acceptors (Lipinski definition) is 3. The van der Waals surface area contributed by atoms with Gasteiger partial charge in [-0.15, -0.1) is 0 Å². The van der Waals surface area contributed by atoms with Gasteiger partial charge in [-0.25, -0.2) is 0 Å². The van der Waals surface area contributed by atoms with Crippen molar-refractivity contribution in [2.24, 2.45) is 10.7 Å². The summed E-state index contributed by atoms with van der Waals surface area (Å²) >= 11 is 0. The molecule has 74 valence electrons. The standard InChI is InChI=1S/C10H19N3/c1-5-7-12-8-6-9(11)13-10(2,3)4/h5-8,13H,11H2,1-4H3/b7-5-,9-6+,12-8-. The molecule has 13 heavy (non-hydrogen) atoms. The van der Waals surface area contributed by atoms with E-state index in [1.54, 1.807) is 18.5 Å². The van der Waals surface area contributed by atoms with Crippen molar-refractivity contribution in [1.82, 2.24) is 5.32 Å². The summed E-state index contributed by atoms with van der Waals surface area (Å²) in [7, 11) is 0. The molecule has 0 fully saturated rings. The van der Waals surface area contributed by atoms with Crippen LogP contribution >= 0.6 is 0 Å². The van der Waals surface area contributed by atoms with Crippen molar-refractivity contribution in [3.63, 3.8) is 0 Å². The first-order chi connectivity index (χ1) is 5.95. The molecular weight excluding hydrogens is 162 g/mol. The van der Waals surface area contributed by atoms with Gasteiger partial charge in [0.25, 0.3) is 0 Å². The van der Waals surface area contributed by atoms with Crippen LogP contribution in [-0.2, 0) is 0 Å². The predicted octanol–water partition coefficient (Wildman–Crippen LogP) is 1.78. The van der Waals surface area contributed by atoms with Crippen LogP contribution in [0.3, 0.4) is 0 Å². The Bertz CT molecular complexity index is 219. The molecule has 0 aromatic carbocycles. The van der Waals surface area contributed by atoms with Gasteiger partial charge in [0, 0.05) is 18.0 Å². The first-order valence-electron chi connectivity index (χ1n) is 4.34. The Balaban J connectivity index is 4.03. The van der Waals surface area contributed by atoms with Gasteiger partial charge in [0.2, 0.25) is 0 Å².